The van der Waals surface area contributed by atoms with Crippen LogP contribution in [-0.2, 0) is 4.79 Å². The number of aliphatic carboxylic acids is 1. The molecule has 0 aliphatic heterocycles. The van der Waals surface area contributed by atoms with Gasteiger partial charge < -0.3 is 5.11 Å². The molecule has 1 N–H and O–H groups in total. The molecule has 0 spiro atoms. The topological polar surface area (TPSA) is 37.3 Å². The van der Waals surface area contributed by atoms with E-state index in [4.69, 9.17) is 5.11 Å². The summed E-state index contributed by atoms with van der Waals surface area (Å²) in [5.41, 5.74) is 4.58. The maximum absolute atomic E-state index is 11.1. The van der Waals surface area contributed by atoms with Crippen molar-refractivity contribution in [2.75, 3.05) is 0 Å². The first kappa shape index (κ1) is 13.9. The zero-order valence-corrected chi connectivity index (χ0v) is 11.8. The molecule has 19 heavy (non-hydrogen) atoms. The van der Waals surface area contributed by atoms with Gasteiger partial charge in [0.05, 0.1) is 0 Å². The van der Waals surface area contributed by atoms with Crippen molar-refractivity contribution in [3.05, 3.63) is 41.0 Å². The zero-order valence-electron chi connectivity index (χ0n) is 11.8. The molecule has 0 bridgehead atoms. The first-order chi connectivity index (χ1) is 9.09. The SMILES string of the molecule is Cc1cccc(/C(=C/C(=O)O)C2CCCCC2)c1C. The Kier molecular flexibility index (Phi) is 4.41. The van der Waals surface area contributed by atoms with E-state index < -0.39 is 5.97 Å². The van der Waals surface area contributed by atoms with Crippen LogP contribution in [0.4, 0.5) is 0 Å². The third kappa shape index (κ3) is 3.25. The molecule has 0 unspecified atom stereocenters. The van der Waals surface area contributed by atoms with Crippen molar-refractivity contribution >= 4 is 11.5 Å². The van der Waals surface area contributed by atoms with Crippen molar-refractivity contribution in [1.29, 1.82) is 0 Å². The lowest BCUT2D eigenvalue weighted by Crippen LogP contribution is -2.11. The zero-order chi connectivity index (χ0) is 13.8. The summed E-state index contributed by atoms with van der Waals surface area (Å²) in [5, 5.41) is 9.16. The summed E-state index contributed by atoms with van der Waals surface area (Å²) in [7, 11) is 0. The van der Waals surface area contributed by atoms with Crippen LogP contribution >= 0.6 is 0 Å². The number of carboxylic acids is 1. The smallest absolute Gasteiger partial charge is 0.328 e. The highest BCUT2D eigenvalue weighted by atomic mass is 16.4. The molecular weight excluding hydrogens is 236 g/mol. The van der Waals surface area contributed by atoms with Crippen LogP contribution in [0, 0.1) is 19.8 Å². The highest BCUT2D eigenvalue weighted by Crippen LogP contribution is 2.36. The highest BCUT2D eigenvalue weighted by molar-refractivity contribution is 5.91. The second-order valence-corrected chi connectivity index (χ2v) is 5.52. The Hall–Kier alpha value is -1.57. The maximum Gasteiger partial charge on any atom is 0.328 e. The largest absolute Gasteiger partial charge is 0.478 e. The van der Waals surface area contributed by atoms with Gasteiger partial charge in [0.25, 0.3) is 0 Å². The molecule has 1 fully saturated rings. The molecule has 0 aromatic heterocycles. The van der Waals surface area contributed by atoms with E-state index in [1.165, 1.54) is 36.5 Å². The monoisotopic (exact) mass is 258 g/mol. The fourth-order valence-electron chi connectivity index (χ4n) is 3.03. The second-order valence-electron chi connectivity index (χ2n) is 5.52. The van der Waals surface area contributed by atoms with Crippen LogP contribution in [0.2, 0.25) is 0 Å². The molecular formula is C17H22O2. The molecule has 2 heteroatoms. The van der Waals surface area contributed by atoms with Gasteiger partial charge >= 0.3 is 5.97 Å². The highest BCUT2D eigenvalue weighted by Gasteiger charge is 2.21. The maximum atomic E-state index is 11.1. The van der Waals surface area contributed by atoms with Gasteiger partial charge in [-0.2, -0.15) is 0 Å². The molecule has 0 saturated heterocycles. The Morgan fingerprint density at radius 1 is 1.21 bits per heavy atom. The normalized spacial score (nSPS) is 17.5. The molecule has 1 aliphatic rings. The summed E-state index contributed by atoms with van der Waals surface area (Å²) in [6.45, 7) is 4.17. The summed E-state index contributed by atoms with van der Waals surface area (Å²) in [4.78, 5) is 11.1. The number of carboxylic acid groups (broad SMARTS) is 1. The lowest BCUT2D eigenvalue weighted by atomic mass is 9.79. The minimum Gasteiger partial charge on any atom is -0.478 e. The van der Waals surface area contributed by atoms with E-state index >= 15 is 0 Å². The van der Waals surface area contributed by atoms with Crippen LogP contribution in [0.1, 0.15) is 48.8 Å². The van der Waals surface area contributed by atoms with E-state index in [0.29, 0.717) is 5.92 Å². The summed E-state index contributed by atoms with van der Waals surface area (Å²) >= 11 is 0. The molecule has 0 radical (unpaired) electrons. The van der Waals surface area contributed by atoms with Gasteiger partial charge in [0.15, 0.2) is 0 Å². The van der Waals surface area contributed by atoms with Crippen molar-refractivity contribution in [2.45, 2.75) is 46.0 Å². The van der Waals surface area contributed by atoms with Gasteiger partial charge in [-0.25, -0.2) is 4.79 Å². The molecule has 1 aliphatic carbocycles. The third-order valence-electron chi connectivity index (χ3n) is 4.24. The van der Waals surface area contributed by atoms with Gasteiger partial charge in [0, 0.05) is 6.08 Å². The lowest BCUT2D eigenvalue weighted by Gasteiger charge is -2.26. The van der Waals surface area contributed by atoms with Crippen molar-refractivity contribution in [2.24, 2.45) is 5.92 Å². The predicted molar refractivity (Wildman–Crippen MR) is 78.1 cm³/mol. The second kappa shape index (κ2) is 6.05. The molecule has 102 valence electrons. The van der Waals surface area contributed by atoms with Crippen LogP contribution < -0.4 is 0 Å². The van der Waals surface area contributed by atoms with Gasteiger partial charge in [-0.05, 0) is 54.9 Å². The summed E-state index contributed by atoms with van der Waals surface area (Å²) in [6, 6.07) is 6.17. The fraction of sp³-hybridized carbons (Fsp3) is 0.471. The molecule has 1 aromatic rings. The molecule has 1 aromatic carbocycles. The Morgan fingerprint density at radius 2 is 1.89 bits per heavy atom. The molecule has 0 heterocycles. The van der Waals surface area contributed by atoms with E-state index in [1.807, 2.05) is 6.07 Å². The average Bonchev–Trinajstić information content (AvgIpc) is 2.40. The van der Waals surface area contributed by atoms with Crippen LogP contribution in [0.25, 0.3) is 5.57 Å². The van der Waals surface area contributed by atoms with Gasteiger partial charge in [-0.15, -0.1) is 0 Å². The first-order valence-electron chi connectivity index (χ1n) is 7.10. The predicted octanol–water partition coefficient (Wildman–Crippen LogP) is 4.35. The Bertz CT molecular complexity index is 494. The molecule has 2 nitrogen and oxygen atoms in total. The van der Waals surface area contributed by atoms with E-state index in [-0.39, 0.29) is 0 Å². The summed E-state index contributed by atoms with van der Waals surface area (Å²) in [5.74, 6) is -0.424. The first-order valence-corrected chi connectivity index (χ1v) is 7.10. The number of carbonyl (C=O) groups is 1. The van der Waals surface area contributed by atoms with Gasteiger partial charge in [-0.3, -0.25) is 0 Å². The summed E-state index contributed by atoms with van der Waals surface area (Å²) in [6.07, 6.45) is 7.37. The van der Waals surface area contributed by atoms with E-state index in [1.54, 1.807) is 0 Å². The molecule has 0 amide bonds. The van der Waals surface area contributed by atoms with Crippen LogP contribution in [0.5, 0.6) is 0 Å². The van der Waals surface area contributed by atoms with Crippen molar-refractivity contribution in [3.8, 4) is 0 Å². The van der Waals surface area contributed by atoms with Gasteiger partial charge in [-0.1, -0.05) is 37.5 Å². The third-order valence-corrected chi connectivity index (χ3v) is 4.24. The van der Waals surface area contributed by atoms with Crippen molar-refractivity contribution in [3.63, 3.8) is 0 Å². The standard InChI is InChI=1S/C17H22O2/c1-12-7-6-10-15(13(12)2)16(11-17(18)19)14-8-4-3-5-9-14/h6-7,10-11,14H,3-5,8-9H2,1-2H3,(H,18,19)/b16-11+. The quantitative estimate of drug-likeness (QED) is 0.818. The number of benzene rings is 1. The molecule has 0 atom stereocenters. The average molecular weight is 258 g/mol. The number of rotatable bonds is 3. The Labute approximate surface area is 115 Å². The van der Waals surface area contributed by atoms with Gasteiger partial charge in [0.2, 0.25) is 0 Å². The minimum atomic E-state index is -0.832. The molecule has 2 rings (SSSR count). The Balaban J connectivity index is 2.42. The van der Waals surface area contributed by atoms with Gasteiger partial charge in [0.1, 0.15) is 0 Å². The van der Waals surface area contributed by atoms with Crippen molar-refractivity contribution < 1.29 is 9.90 Å². The van der Waals surface area contributed by atoms with E-state index in [0.717, 1.165) is 24.0 Å². The van der Waals surface area contributed by atoms with Crippen LogP contribution in [-0.4, -0.2) is 11.1 Å². The van der Waals surface area contributed by atoms with Crippen LogP contribution in [0.3, 0.4) is 0 Å². The Morgan fingerprint density at radius 3 is 2.53 bits per heavy atom. The molecule has 1 saturated carbocycles. The summed E-state index contributed by atoms with van der Waals surface area (Å²) < 4.78 is 0. The number of hydrogen-bond acceptors (Lipinski definition) is 1. The number of aryl methyl sites for hydroxylation is 1. The number of hydrogen-bond donors (Lipinski definition) is 1. The van der Waals surface area contributed by atoms with Crippen LogP contribution in [0.15, 0.2) is 24.3 Å². The lowest BCUT2D eigenvalue weighted by molar-refractivity contribution is -0.131. The minimum absolute atomic E-state index is 0.408. The van der Waals surface area contributed by atoms with Crippen molar-refractivity contribution in [1.82, 2.24) is 0 Å². The fourth-order valence-corrected chi connectivity index (χ4v) is 3.03. The van der Waals surface area contributed by atoms with E-state index in [2.05, 4.69) is 26.0 Å². The number of allylic oxidation sites excluding steroid dienone is 1. The van der Waals surface area contributed by atoms with E-state index in [9.17, 15) is 4.79 Å².